The van der Waals surface area contributed by atoms with Crippen LogP contribution in [0.15, 0.2) is 11.5 Å². The van der Waals surface area contributed by atoms with Gasteiger partial charge >= 0.3 is 5.97 Å². The fourth-order valence-electron chi connectivity index (χ4n) is 1.07. The first-order valence-corrected chi connectivity index (χ1v) is 9.53. The summed E-state index contributed by atoms with van der Waals surface area (Å²) in [6, 6.07) is 0. The molecule has 0 aliphatic heterocycles. The van der Waals surface area contributed by atoms with Crippen LogP contribution < -0.4 is 0 Å². The van der Waals surface area contributed by atoms with Crippen LogP contribution in [0.5, 0.6) is 0 Å². The number of rotatable bonds is 5. The molecule has 102 valence electrons. The van der Waals surface area contributed by atoms with E-state index in [4.69, 9.17) is 9.47 Å². The smallest absolute Gasteiger partial charge is 0.342 e. The van der Waals surface area contributed by atoms with Gasteiger partial charge < -0.3 is 14.6 Å². The van der Waals surface area contributed by atoms with E-state index < -0.39 is 14.0 Å². The van der Waals surface area contributed by atoms with Crippen LogP contribution >= 0.6 is 0 Å². The van der Waals surface area contributed by atoms with Crippen molar-refractivity contribution in [2.24, 2.45) is 0 Å². The van der Waals surface area contributed by atoms with E-state index in [9.17, 15) is 9.90 Å². The maximum Gasteiger partial charge on any atom is 0.342 e. The number of esters is 1. The number of hydrogen-bond donors (Lipinski definition) is 1. The van der Waals surface area contributed by atoms with Crippen molar-refractivity contribution >= 4 is 14.0 Å². The summed E-state index contributed by atoms with van der Waals surface area (Å²) in [6.07, 6.45) is 0.148. The van der Waals surface area contributed by atoms with Gasteiger partial charge in [0.2, 0.25) is 0 Å². The molecule has 0 saturated heterocycles. The Morgan fingerprint density at radius 3 is 2.17 bits per heavy atom. The van der Waals surface area contributed by atoms with Crippen molar-refractivity contribution in [1.29, 1.82) is 0 Å². The first-order valence-electron chi connectivity index (χ1n) is 6.03. The molecule has 0 aliphatic carbocycles. The van der Waals surface area contributed by atoms with Crippen LogP contribution in [0.4, 0.5) is 0 Å². The van der Waals surface area contributed by atoms with Crippen molar-refractivity contribution in [3.8, 4) is 11.5 Å². The molecule has 0 aliphatic rings. The molecule has 0 unspecified atom stereocenters. The summed E-state index contributed by atoms with van der Waals surface area (Å²) < 4.78 is 9.79. The predicted molar refractivity (Wildman–Crippen MR) is 73.7 cm³/mol. The lowest BCUT2D eigenvalue weighted by Gasteiger charge is -2.08. The van der Waals surface area contributed by atoms with Crippen LogP contribution in [-0.2, 0) is 14.3 Å². The summed E-state index contributed by atoms with van der Waals surface area (Å²) in [5.74, 6) is 1.95. The van der Waals surface area contributed by atoms with E-state index in [0.717, 1.165) is 0 Å². The molecule has 18 heavy (non-hydrogen) atoms. The Kier molecular flexibility index (Phi) is 7.21. The highest BCUT2D eigenvalue weighted by Crippen LogP contribution is 2.10. The molecule has 0 fully saturated rings. The second-order valence-electron chi connectivity index (χ2n) is 4.67. The van der Waals surface area contributed by atoms with Crippen molar-refractivity contribution in [3.05, 3.63) is 11.5 Å². The van der Waals surface area contributed by atoms with Gasteiger partial charge in [0.15, 0.2) is 0 Å². The number of aliphatic hydroxyl groups excluding tert-OH is 1. The minimum atomic E-state index is -1.49. The number of ether oxygens (including phenoxy) is 2. The van der Waals surface area contributed by atoms with Crippen molar-refractivity contribution in [3.63, 3.8) is 0 Å². The largest absolute Gasteiger partial charge is 0.481 e. The number of hydrogen-bond acceptors (Lipinski definition) is 4. The summed E-state index contributed by atoms with van der Waals surface area (Å²) in [7, 11) is -1.49. The van der Waals surface area contributed by atoms with Gasteiger partial charge in [-0.1, -0.05) is 19.6 Å². The monoisotopic (exact) mass is 270 g/mol. The number of aliphatic hydroxyl groups is 1. The van der Waals surface area contributed by atoms with E-state index in [-0.39, 0.29) is 31.2 Å². The quantitative estimate of drug-likeness (QED) is 0.274. The van der Waals surface area contributed by atoms with Gasteiger partial charge in [-0.2, -0.15) is 0 Å². The summed E-state index contributed by atoms with van der Waals surface area (Å²) in [5.41, 5.74) is 3.21. The van der Waals surface area contributed by atoms with Crippen LogP contribution in [0.1, 0.15) is 20.3 Å². The predicted octanol–water partition coefficient (Wildman–Crippen LogP) is 2.63. The lowest BCUT2D eigenvalue weighted by Crippen LogP contribution is -2.17. The molecule has 5 heteroatoms. The highest BCUT2D eigenvalue weighted by molar-refractivity contribution is 6.83. The minimum absolute atomic E-state index is 0.0875. The molecule has 1 N–H and O–H groups in total. The zero-order valence-electron chi connectivity index (χ0n) is 11.8. The van der Waals surface area contributed by atoms with E-state index in [2.05, 4.69) is 31.1 Å². The van der Waals surface area contributed by atoms with E-state index in [1.54, 1.807) is 13.8 Å². The third kappa shape index (κ3) is 7.02. The molecule has 0 radical (unpaired) electrons. The van der Waals surface area contributed by atoms with E-state index in [1.807, 2.05) is 0 Å². The Balaban J connectivity index is 4.94. The first kappa shape index (κ1) is 16.6. The van der Waals surface area contributed by atoms with Gasteiger partial charge in [0.05, 0.1) is 13.2 Å². The van der Waals surface area contributed by atoms with Gasteiger partial charge in [-0.15, -0.1) is 11.5 Å². The highest BCUT2D eigenvalue weighted by atomic mass is 28.3. The Bertz CT molecular complexity index is 369. The average Bonchev–Trinajstić information content (AvgIpc) is 2.23. The molecule has 0 bridgehead atoms. The molecule has 0 aromatic rings. The van der Waals surface area contributed by atoms with Crippen LogP contribution in [-0.4, -0.2) is 32.4 Å². The van der Waals surface area contributed by atoms with Crippen LogP contribution in [0, 0.1) is 11.5 Å². The second-order valence-corrected chi connectivity index (χ2v) is 9.42. The Morgan fingerprint density at radius 1 is 1.17 bits per heavy atom. The molecule has 0 atom stereocenters. The topological polar surface area (TPSA) is 55.8 Å². The zero-order chi connectivity index (χ0) is 14.2. The summed E-state index contributed by atoms with van der Waals surface area (Å²) in [5, 5.41) is 9.64. The fraction of sp³-hybridized carbons (Fsp3) is 0.615. The highest BCUT2D eigenvalue weighted by Gasteiger charge is 2.17. The van der Waals surface area contributed by atoms with Crippen LogP contribution in [0.2, 0.25) is 19.6 Å². The third-order valence-electron chi connectivity index (χ3n) is 1.79. The summed E-state index contributed by atoms with van der Waals surface area (Å²) >= 11 is 0. The van der Waals surface area contributed by atoms with Gasteiger partial charge in [-0.25, -0.2) is 4.79 Å². The van der Waals surface area contributed by atoms with Crippen molar-refractivity contribution in [1.82, 2.24) is 0 Å². The normalized spacial score (nSPS) is 12.1. The summed E-state index contributed by atoms with van der Waals surface area (Å²) in [4.78, 5) is 11.6. The average molecular weight is 270 g/mol. The van der Waals surface area contributed by atoms with Gasteiger partial charge in [-0.3, -0.25) is 0 Å². The molecule has 0 rings (SSSR count). The summed E-state index contributed by atoms with van der Waals surface area (Å²) in [6.45, 7) is 10.3. The molecular weight excluding hydrogens is 248 g/mol. The second kappa shape index (κ2) is 7.83. The Labute approximate surface area is 110 Å². The molecule has 0 heterocycles. The molecule has 0 aromatic carbocycles. The zero-order valence-corrected chi connectivity index (χ0v) is 12.8. The minimum Gasteiger partial charge on any atom is -0.481 e. The number of carbonyl (C=O) groups excluding carboxylic acids is 1. The fourth-order valence-corrected chi connectivity index (χ4v) is 1.69. The third-order valence-corrected chi connectivity index (χ3v) is 2.72. The molecular formula is C13H22O4Si. The van der Waals surface area contributed by atoms with Crippen LogP contribution in [0.3, 0.4) is 0 Å². The van der Waals surface area contributed by atoms with E-state index in [0.29, 0.717) is 0 Å². The first-order chi connectivity index (χ1) is 8.31. The molecule has 0 amide bonds. The molecule has 4 nitrogen and oxygen atoms in total. The van der Waals surface area contributed by atoms with E-state index >= 15 is 0 Å². The maximum absolute atomic E-state index is 11.6. The van der Waals surface area contributed by atoms with Crippen LogP contribution in [0.25, 0.3) is 0 Å². The van der Waals surface area contributed by atoms with Crippen molar-refractivity contribution in [2.75, 3.05) is 13.2 Å². The van der Waals surface area contributed by atoms with Gasteiger partial charge in [0, 0.05) is 6.42 Å². The SMILES string of the molecule is CCOC(=O)C(CC#C[Si](C)(C)C)=C(O)OCC. The van der Waals surface area contributed by atoms with Gasteiger partial charge in [-0.05, 0) is 13.8 Å². The number of carbonyl (C=O) groups is 1. The molecule has 0 aromatic heterocycles. The Hall–Kier alpha value is -1.41. The maximum atomic E-state index is 11.6. The molecule has 0 spiro atoms. The van der Waals surface area contributed by atoms with Gasteiger partial charge in [0.1, 0.15) is 13.6 Å². The van der Waals surface area contributed by atoms with Crippen molar-refractivity contribution in [2.45, 2.75) is 39.9 Å². The molecule has 0 saturated carbocycles. The standard InChI is InChI=1S/C13H22O4Si/c1-6-16-12(14)11(13(15)17-7-2)9-8-10-18(3,4)5/h14H,6-7,9H2,1-5H3. The van der Waals surface area contributed by atoms with E-state index in [1.165, 1.54) is 0 Å². The lowest BCUT2D eigenvalue weighted by atomic mass is 10.2. The van der Waals surface area contributed by atoms with Gasteiger partial charge in [0.25, 0.3) is 5.95 Å². The van der Waals surface area contributed by atoms with Crippen molar-refractivity contribution < 1.29 is 19.4 Å². The Morgan fingerprint density at radius 2 is 1.72 bits per heavy atom. The lowest BCUT2D eigenvalue weighted by molar-refractivity contribution is -0.139.